The van der Waals surface area contributed by atoms with E-state index in [-0.39, 0.29) is 17.4 Å². The number of carbonyl (C=O) groups is 2. The van der Waals surface area contributed by atoms with Crippen LogP contribution in [-0.4, -0.2) is 34.3 Å². The summed E-state index contributed by atoms with van der Waals surface area (Å²) in [6.07, 6.45) is 4.83. The van der Waals surface area contributed by atoms with E-state index in [1.807, 2.05) is 24.4 Å². The summed E-state index contributed by atoms with van der Waals surface area (Å²) < 4.78 is 5.59. The van der Waals surface area contributed by atoms with E-state index in [0.717, 1.165) is 37.0 Å². The number of aliphatic hydroxyl groups excluding tert-OH is 1. The van der Waals surface area contributed by atoms with Gasteiger partial charge in [0, 0.05) is 16.5 Å². The second kappa shape index (κ2) is 8.41. The molecule has 1 N–H and O–H groups in total. The molecule has 1 aromatic carbocycles. The van der Waals surface area contributed by atoms with E-state index >= 15 is 0 Å². The zero-order chi connectivity index (χ0) is 20.4. The number of amides is 1. The molecule has 1 atom stereocenters. The van der Waals surface area contributed by atoms with E-state index in [9.17, 15) is 14.7 Å². The molecule has 1 aliphatic carbocycles. The molecule has 2 fully saturated rings. The Hall–Kier alpha value is -2.60. The van der Waals surface area contributed by atoms with Gasteiger partial charge in [0.1, 0.15) is 11.5 Å². The predicted molar refractivity (Wildman–Crippen MR) is 113 cm³/mol. The molecule has 0 radical (unpaired) electrons. The minimum Gasteiger partial charge on any atom is -0.507 e. The van der Waals surface area contributed by atoms with Gasteiger partial charge in [0.15, 0.2) is 0 Å². The molecule has 1 unspecified atom stereocenters. The number of thiophene rings is 1. The molecule has 29 heavy (non-hydrogen) atoms. The second-order valence-corrected chi connectivity index (χ2v) is 8.51. The van der Waals surface area contributed by atoms with Gasteiger partial charge < -0.3 is 14.7 Å². The van der Waals surface area contributed by atoms with Gasteiger partial charge >= 0.3 is 0 Å². The average Bonchev–Trinajstić information content (AvgIpc) is 3.48. The SMILES string of the molecule is CCCOc1ccc(/C(O)=C2/C(=O)C(=O)N(C3CCCC3)C2c2cccs2)cc1. The largest absolute Gasteiger partial charge is 0.507 e. The molecular weight excluding hydrogens is 386 g/mol. The highest BCUT2D eigenvalue weighted by Crippen LogP contribution is 2.44. The van der Waals surface area contributed by atoms with Gasteiger partial charge in [0.2, 0.25) is 0 Å². The van der Waals surface area contributed by atoms with Gasteiger partial charge in [-0.05, 0) is 55.0 Å². The first kappa shape index (κ1) is 19.7. The smallest absolute Gasteiger partial charge is 0.295 e. The summed E-state index contributed by atoms with van der Waals surface area (Å²) in [7, 11) is 0. The molecule has 1 saturated heterocycles. The molecular formula is C23H25NO4S. The molecule has 6 heteroatoms. The summed E-state index contributed by atoms with van der Waals surface area (Å²) in [5.41, 5.74) is 0.700. The van der Waals surface area contributed by atoms with Crippen LogP contribution in [0.15, 0.2) is 47.4 Å². The normalized spacial score (nSPS) is 21.8. The molecule has 2 heterocycles. The number of hydrogen-bond acceptors (Lipinski definition) is 5. The minimum atomic E-state index is -0.598. The van der Waals surface area contributed by atoms with Crippen LogP contribution in [0.4, 0.5) is 0 Å². The third-order valence-electron chi connectivity index (χ3n) is 5.61. The first-order valence-corrected chi connectivity index (χ1v) is 11.1. The van der Waals surface area contributed by atoms with Crippen LogP contribution in [0.1, 0.15) is 55.5 Å². The zero-order valence-corrected chi connectivity index (χ0v) is 17.3. The molecule has 1 saturated carbocycles. The van der Waals surface area contributed by atoms with Crippen LogP contribution in [0.2, 0.25) is 0 Å². The van der Waals surface area contributed by atoms with Gasteiger partial charge in [0.05, 0.1) is 18.2 Å². The fraction of sp³-hybridized carbons (Fsp3) is 0.391. The van der Waals surface area contributed by atoms with E-state index in [1.165, 1.54) is 11.3 Å². The number of hydrogen-bond donors (Lipinski definition) is 1. The first-order valence-electron chi connectivity index (χ1n) is 10.2. The van der Waals surface area contributed by atoms with Crippen molar-refractivity contribution in [1.29, 1.82) is 0 Å². The molecule has 1 aliphatic heterocycles. The number of likely N-dealkylation sites (tertiary alicyclic amines) is 1. The molecule has 152 valence electrons. The third kappa shape index (κ3) is 3.69. The van der Waals surface area contributed by atoms with Gasteiger partial charge in [0.25, 0.3) is 11.7 Å². The van der Waals surface area contributed by atoms with Crippen molar-refractivity contribution in [2.45, 2.75) is 51.1 Å². The number of carbonyl (C=O) groups excluding carboxylic acids is 2. The fourth-order valence-corrected chi connectivity index (χ4v) is 5.05. The summed E-state index contributed by atoms with van der Waals surface area (Å²) in [5, 5.41) is 13.0. The lowest BCUT2D eigenvalue weighted by molar-refractivity contribution is -0.141. The summed E-state index contributed by atoms with van der Waals surface area (Å²) in [4.78, 5) is 28.5. The summed E-state index contributed by atoms with van der Waals surface area (Å²) in [6, 6.07) is 10.4. The highest BCUT2D eigenvalue weighted by molar-refractivity contribution is 7.10. The third-order valence-corrected chi connectivity index (χ3v) is 6.54. The maximum Gasteiger partial charge on any atom is 0.295 e. The minimum absolute atomic E-state index is 0.0497. The Labute approximate surface area is 174 Å². The molecule has 0 bridgehead atoms. The second-order valence-electron chi connectivity index (χ2n) is 7.53. The lowest BCUT2D eigenvalue weighted by atomic mass is 9.99. The average molecular weight is 412 g/mol. The summed E-state index contributed by atoms with van der Waals surface area (Å²) in [6.45, 7) is 2.66. The lowest BCUT2D eigenvalue weighted by Gasteiger charge is -2.29. The number of ketones is 1. The van der Waals surface area contributed by atoms with E-state index in [0.29, 0.717) is 17.9 Å². The van der Waals surface area contributed by atoms with Crippen LogP contribution in [0.3, 0.4) is 0 Å². The van der Waals surface area contributed by atoms with Crippen LogP contribution in [0, 0.1) is 0 Å². The van der Waals surface area contributed by atoms with E-state index in [2.05, 4.69) is 0 Å². The number of ether oxygens (including phenoxy) is 1. The van der Waals surface area contributed by atoms with Crippen molar-refractivity contribution < 1.29 is 19.4 Å². The molecule has 4 rings (SSSR count). The van der Waals surface area contributed by atoms with Crippen molar-refractivity contribution in [3.63, 3.8) is 0 Å². The van der Waals surface area contributed by atoms with Crippen LogP contribution in [-0.2, 0) is 9.59 Å². The first-order chi connectivity index (χ1) is 14.1. The Morgan fingerprint density at radius 1 is 1.17 bits per heavy atom. The standard InChI is InChI=1S/C23H25NO4S/c1-2-13-28-17-11-9-15(10-12-17)21(25)19-20(18-8-5-14-29-18)24(23(27)22(19)26)16-6-3-4-7-16/h5,8-12,14,16,20,25H,2-4,6-7,13H2,1H3/b21-19-. The van der Waals surface area contributed by atoms with Crippen molar-refractivity contribution in [2.75, 3.05) is 6.61 Å². The Bertz CT molecular complexity index is 911. The molecule has 5 nitrogen and oxygen atoms in total. The van der Waals surface area contributed by atoms with E-state index in [4.69, 9.17) is 4.74 Å². The Kier molecular flexibility index (Phi) is 5.72. The number of benzene rings is 1. The molecule has 1 aromatic heterocycles. The van der Waals surface area contributed by atoms with Gasteiger partial charge in [-0.15, -0.1) is 11.3 Å². The number of nitrogens with zero attached hydrogens (tertiary/aromatic N) is 1. The number of rotatable bonds is 6. The summed E-state index contributed by atoms with van der Waals surface area (Å²) in [5.74, 6) is -0.507. The number of Topliss-reactive ketones (excluding diaryl/α,β-unsaturated/α-hetero) is 1. The maximum atomic E-state index is 13.0. The zero-order valence-electron chi connectivity index (χ0n) is 16.5. The van der Waals surface area contributed by atoms with Crippen molar-refractivity contribution in [2.24, 2.45) is 0 Å². The predicted octanol–water partition coefficient (Wildman–Crippen LogP) is 4.90. The summed E-state index contributed by atoms with van der Waals surface area (Å²) >= 11 is 1.50. The highest BCUT2D eigenvalue weighted by Gasteiger charge is 2.49. The van der Waals surface area contributed by atoms with Crippen molar-refractivity contribution >= 4 is 28.8 Å². The molecule has 2 aromatic rings. The van der Waals surface area contributed by atoms with Crippen molar-refractivity contribution in [3.8, 4) is 5.75 Å². The molecule has 0 spiro atoms. The lowest BCUT2D eigenvalue weighted by Crippen LogP contribution is -2.37. The quantitative estimate of drug-likeness (QED) is 0.417. The number of aliphatic hydroxyl groups is 1. The Morgan fingerprint density at radius 3 is 2.52 bits per heavy atom. The Morgan fingerprint density at radius 2 is 1.90 bits per heavy atom. The van der Waals surface area contributed by atoms with Crippen molar-refractivity contribution in [1.82, 2.24) is 4.90 Å². The van der Waals surface area contributed by atoms with Crippen LogP contribution in [0.25, 0.3) is 5.76 Å². The monoisotopic (exact) mass is 411 g/mol. The Balaban J connectivity index is 1.75. The van der Waals surface area contributed by atoms with Gasteiger partial charge in [-0.3, -0.25) is 9.59 Å². The van der Waals surface area contributed by atoms with E-state index < -0.39 is 17.7 Å². The maximum absolute atomic E-state index is 13.0. The van der Waals surface area contributed by atoms with Crippen LogP contribution in [0.5, 0.6) is 5.75 Å². The van der Waals surface area contributed by atoms with Crippen LogP contribution < -0.4 is 4.74 Å². The van der Waals surface area contributed by atoms with Crippen molar-refractivity contribution in [3.05, 3.63) is 57.8 Å². The highest BCUT2D eigenvalue weighted by atomic mass is 32.1. The topological polar surface area (TPSA) is 66.8 Å². The molecule has 1 amide bonds. The van der Waals surface area contributed by atoms with Gasteiger partial charge in [-0.1, -0.05) is 25.8 Å². The van der Waals surface area contributed by atoms with Crippen LogP contribution >= 0.6 is 11.3 Å². The van der Waals surface area contributed by atoms with Gasteiger partial charge in [-0.25, -0.2) is 0 Å². The fourth-order valence-electron chi connectivity index (χ4n) is 4.22. The van der Waals surface area contributed by atoms with Gasteiger partial charge in [-0.2, -0.15) is 0 Å². The molecule has 2 aliphatic rings. The van der Waals surface area contributed by atoms with E-state index in [1.54, 1.807) is 29.2 Å².